The molecule has 4 nitrogen and oxygen atoms in total. The molecule has 7 heteroatoms. The average Bonchev–Trinajstić information content (AvgIpc) is 2.85. The quantitative estimate of drug-likeness (QED) is 0.805. The molecule has 1 amide bonds. The number of carbonyl (C=O) groups is 1. The fourth-order valence-electron chi connectivity index (χ4n) is 2.50. The zero-order valence-electron chi connectivity index (χ0n) is 11.0. The van der Waals surface area contributed by atoms with Crippen LogP contribution < -0.4 is 0 Å². The summed E-state index contributed by atoms with van der Waals surface area (Å²) in [6.07, 6.45) is 2.55. The van der Waals surface area contributed by atoms with Crippen molar-refractivity contribution in [1.82, 2.24) is 4.90 Å². The summed E-state index contributed by atoms with van der Waals surface area (Å²) in [7, 11) is 1.24. The summed E-state index contributed by atoms with van der Waals surface area (Å²) in [5.74, 6) is -1.21. The highest BCUT2D eigenvalue weighted by molar-refractivity contribution is 8.13. The van der Waals surface area contributed by atoms with Gasteiger partial charge in [-0.15, -0.1) is 0 Å². The molecule has 1 aromatic rings. The van der Waals surface area contributed by atoms with Crippen molar-refractivity contribution in [2.24, 2.45) is 0 Å². The van der Waals surface area contributed by atoms with Crippen molar-refractivity contribution < 1.29 is 17.6 Å². The summed E-state index contributed by atoms with van der Waals surface area (Å²) in [5.41, 5.74) is -0.243. The monoisotopic (exact) mass is 319 g/mol. The zero-order chi connectivity index (χ0) is 14.9. The van der Waals surface area contributed by atoms with E-state index in [2.05, 4.69) is 0 Å². The van der Waals surface area contributed by atoms with Crippen LogP contribution >= 0.6 is 10.7 Å². The van der Waals surface area contributed by atoms with Crippen molar-refractivity contribution in [3.8, 4) is 0 Å². The topological polar surface area (TPSA) is 54.5 Å². The Hall–Kier alpha value is -1.14. The largest absolute Gasteiger partial charge is 0.336 e. The Morgan fingerprint density at radius 1 is 1.50 bits per heavy atom. The zero-order valence-corrected chi connectivity index (χ0v) is 12.5. The van der Waals surface area contributed by atoms with Gasteiger partial charge < -0.3 is 4.90 Å². The lowest BCUT2D eigenvalue weighted by Gasteiger charge is -2.24. The highest BCUT2D eigenvalue weighted by atomic mass is 35.7. The number of amides is 1. The third-order valence-electron chi connectivity index (χ3n) is 3.56. The molecule has 110 valence electrons. The molecule has 1 fully saturated rings. The highest BCUT2D eigenvalue weighted by Crippen LogP contribution is 2.25. The summed E-state index contributed by atoms with van der Waals surface area (Å²) in [6.45, 7) is 2.53. The second-order valence-electron chi connectivity index (χ2n) is 4.78. The van der Waals surface area contributed by atoms with Crippen molar-refractivity contribution in [3.05, 3.63) is 29.6 Å². The first-order chi connectivity index (χ1) is 9.34. The van der Waals surface area contributed by atoms with Crippen LogP contribution in [-0.4, -0.2) is 31.8 Å². The predicted octanol–water partition coefficient (Wildman–Crippen LogP) is 2.77. The Kier molecular flexibility index (Phi) is 4.34. The number of rotatable bonds is 3. The summed E-state index contributed by atoms with van der Waals surface area (Å²) in [4.78, 5) is 13.7. The molecule has 1 unspecified atom stereocenters. The Balaban J connectivity index is 2.39. The van der Waals surface area contributed by atoms with Gasteiger partial charge in [-0.25, -0.2) is 12.8 Å². The van der Waals surface area contributed by atoms with Gasteiger partial charge in [0.05, 0.1) is 10.5 Å². The van der Waals surface area contributed by atoms with Gasteiger partial charge in [0, 0.05) is 23.3 Å². The van der Waals surface area contributed by atoms with E-state index in [4.69, 9.17) is 10.7 Å². The molecule has 1 atom stereocenters. The first-order valence-electron chi connectivity index (χ1n) is 6.39. The average molecular weight is 320 g/mol. The molecule has 0 aliphatic carbocycles. The van der Waals surface area contributed by atoms with Gasteiger partial charge in [0.2, 0.25) is 0 Å². The lowest BCUT2D eigenvalue weighted by molar-refractivity contribution is 0.0728. The third-order valence-corrected chi connectivity index (χ3v) is 4.91. The van der Waals surface area contributed by atoms with Gasteiger partial charge in [-0.1, -0.05) is 6.92 Å². The van der Waals surface area contributed by atoms with Crippen molar-refractivity contribution in [1.29, 1.82) is 0 Å². The molecule has 1 aromatic carbocycles. The lowest BCUT2D eigenvalue weighted by Crippen LogP contribution is -2.35. The van der Waals surface area contributed by atoms with E-state index in [1.54, 1.807) is 4.90 Å². The van der Waals surface area contributed by atoms with Gasteiger partial charge >= 0.3 is 0 Å². The van der Waals surface area contributed by atoms with E-state index in [-0.39, 0.29) is 16.5 Å². The minimum Gasteiger partial charge on any atom is -0.336 e. The molecule has 1 aliphatic heterocycles. The van der Waals surface area contributed by atoms with Crippen LogP contribution in [0.4, 0.5) is 4.39 Å². The van der Waals surface area contributed by atoms with Gasteiger partial charge in [0.1, 0.15) is 5.82 Å². The molecule has 0 N–H and O–H groups in total. The van der Waals surface area contributed by atoms with E-state index >= 15 is 0 Å². The molecule has 20 heavy (non-hydrogen) atoms. The van der Waals surface area contributed by atoms with E-state index in [0.717, 1.165) is 37.5 Å². The number of likely N-dealkylation sites (tertiary alicyclic amines) is 1. The van der Waals surface area contributed by atoms with Crippen LogP contribution in [0.5, 0.6) is 0 Å². The van der Waals surface area contributed by atoms with E-state index in [0.29, 0.717) is 6.54 Å². The van der Waals surface area contributed by atoms with Crippen LogP contribution in [0.1, 0.15) is 36.5 Å². The molecule has 1 heterocycles. The van der Waals surface area contributed by atoms with Crippen LogP contribution in [0.15, 0.2) is 23.1 Å². The van der Waals surface area contributed by atoms with Gasteiger partial charge in [-0.2, -0.15) is 0 Å². The number of hydrogen-bond acceptors (Lipinski definition) is 3. The summed E-state index contributed by atoms with van der Waals surface area (Å²) in [6, 6.07) is 3.10. The SMILES string of the molecule is CCC1CCCN1C(=O)c1cc(S(=O)(=O)Cl)ccc1F. The summed E-state index contributed by atoms with van der Waals surface area (Å²) >= 11 is 0. The maximum atomic E-state index is 13.8. The lowest BCUT2D eigenvalue weighted by atomic mass is 10.1. The number of nitrogens with zero attached hydrogens (tertiary/aromatic N) is 1. The van der Waals surface area contributed by atoms with Crippen molar-refractivity contribution >= 4 is 25.6 Å². The van der Waals surface area contributed by atoms with Crippen LogP contribution in [0.3, 0.4) is 0 Å². The van der Waals surface area contributed by atoms with Gasteiger partial charge in [-0.05, 0) is 37.5 Å². The highest BCUT2D eigenvalue weighted by Gasteiger charge is 2.30. The number of benzene rings is 1. The summed E-state index contributed by atoms with van der Waals surface area (Å²) in [5, 5.41) is 0. The first kappa shape index (κ1) is 15.3. The fraction of sp³-hybridized carbons (Fsp3) is 0.462. The molecule has 2 rings (SSSR count). The standard InChI is InChI=1S/C13H15ClFNO3S/c1-2-9-4-3-7-16(9)13(17)11-8-10(20(14,18)19)5-6-12(11)15/h5-6,8-9H,2-4,7H2,1H3. The van der Waals surface area contributed by atoms with Crippen molar-refractivity contribution in [2.45, 2.75) is 37.1 Å². The molecule has 1 aliphatic rings. The second kappa shape index (κ2) is 5.69. The molecule has 0 spiro atoms. The van der Waals surface area contributed by atoms with E-state index in [1.165, 1.54) is 0 Å². The van der Waals surface area contributed by atoms with E-state index in [1.807, 2.05) is 6.92 Å². The predicted molar refractivity (Wildman–Crippen MR) is 73.8 cm³/mol. The number of halogens is 2. The molecule has 0 bridgehead atoms. The van der Waals surface area contributed by atoms with Crippen molar-refractivity contribution in [2.75, 3.05) is 6.54 Å². The molecular formula is C13H15ClFNO3S. The third kappa shape index (κ3) is 2.96. The summed E-state index contributed by atoms with van der Waals surface area (Å²) < 4.78 is 36.4. The molecular weight excluding hydrogens is 305 g/mol. The molecule has 1 saturated heterocycles. The molecule has 0 radical (unpaired) electrons. The van der Waals surface area contributed by atoms with Crippen LogP contribution in [0.2, 0.25) is 0 Å². The molecule has 0 aromatic heterocycles. The van der Waals surface area contributed by atoms with Gasteiger partial charge in [0.25, 0.3) is 15.0 Å². The Morgan fingerprint density at radius 2 is 2.20 bits per heavy atom. The van der Waals surface area contributed by atoms with E-state index < -0.39 is 20.8 Å². The van der Waals surface area contributed by atoms with Crippen molar-refractivity contribution in [3.63, 3.8) is 0 Å². The van der Waals surface area contributed by atoms with Crippen LogP contribution in [-0.2, 0) is 9.05 Å². The fourth-order valence-corrected chi connectivity index (χ4v) is 3.28. The second-order valence-corrected chi connectivity index (χ2v) is 7.35. The smallest absolute Gasteiger partial charge is 0.261 e. The maximum Gasteiger partial charge on any atom is 0.261 e. The Labute approximate surface area is 121 Å². The molecule has 0 saturated carbocycles. The van der Waals surface area contributed by atoms with Gasteiger partial charge in [0.15, 0.2) is 0 Å². The minimum atomic E-state index is -3.98. The number of hydrogen-bond donors (Lipinski definition) is 0. The first-order valence-corrected chi connectivity index (χ1v) is 8.70. The van der Waals surface area contributed by atoms with E-state index in [9.17, 15) is 17.6 Å². The van der Waals surface area contributed by atoms with Crippen LogP contribution in [0.25, 0.3) is 0 Å². The van der Waals surface area contributed by atoms with Crippen LogP contribution in [0, 0.1) is 5.82 Å². The minimum absolute atomic E-state index is 0.0816. The number of carbonyl (C=O) groups excluding carboxylic acids is 1. The maximum absolute atomic E-state index is 13.8. The normalized spacial score (nSPS) is 19.4. The Bertz CT molecular complexity index is 633. The Morgan fingerprint density at radius 3 is 2.80 bits per heavy atom. The van der Waals surface area contributed by atoms with Gasteiger partial charge in [-0.3, -0.25) is 4.79 Å².